The molecule has 2 heterocycles. The summed E-state index contributed by atoms with van der Waals surface area (Å²) in [7, 11) is 0. The topological polar surface area (TPSA) is 136 Å². The fourth-order valence-electron chi connectivity index (χ4n) is 4.39. The summed E-state index contributed by atoms with van der Waals surface area (Å²) in [5.41, 5.74) is 0.469. The number of benzene rings is 3. The fraction of sp³-hybridized carbons (Fsp3) is 0.130. The minimum atomic E-state index is -1.22. The smallest absolute Gasteiger partial charge is 0.273 e. The fourth-order valence-corrected chi connectivity index (χ4v) is 4.39. The summed E-state index contributed by atoms with van der Waals surface area (Å²) in [5.74, 6) is -2.38. The monoisotopic (exact) mass is 460 g/mol. The van der Waals surface area contributed by atoms with Gasteiger partial charge >= 0.3 is 0 Å². The van der Waals surface area contributed by atoms with Crippen molar-refractivity contribution in [1.29, 1.82) is 0 Å². The Labute approximate surface area is 192 Å². The second kappa shape index (κ2) is 8.05. The van der Waals surface area contributed by atoms with E-state index in [1.807, 2.05) is 0 Å². The van der Waals surface area contributed by atoms with Crippen LogP contribution >= 0.6 is 0 Å². The largest absolute Gasteiger partial charge is 0.293 e. The molecule has 11 heteroatoms. The van der Waals surface area contributed by atoms with Crippen molar-refractivity contribution < 1.29 is 24.3 Å². The van der Waals surface area contributed by atoms with E-state index < -0.39 is 39.7 Å². The third-order valence-corrected chi connectivity index (χ3v) is 5.89. The van der Waals surface area contributed by atoms with Crippen molar-refractivity contribution in [2.75, 3.05) is 9.96 Å². The highest BCUT2D eigenvalue weighted by Gasteiger charge is 2.61. The van der Waals surface area contributed by atoms with Gasteiger partial charge in [0.2, 0.25) is 5.91 Å². The van der Waals surface area contributed by atoms with E-state index in [0.717, 1.165) is 4.90 Å². The minimum absolute atomic E-state index is 0.124. The number of hydrogen-bond acceptors (Lipinski definition) is 8. The van der Waals surface area contributed by atoms with Crippen molar-refractivity contribution in [3.05, 3.63) is 105 Å². The number of non-ortho nitro benzene ring substituents is 1. The number of nitro benzene ring substituents is 2. The Balaban J connectivity index is 1.60. The Morgan fingerprint density at radius 3 is 2.06 bits per heavy atom. The van der Waals surface area contributed by atoms with Crippen molar-refractivity contribution in [3.63, 3.8) is 0 Å². The first-order valence-electron chi connectivity index (χ1n) is 10.2. The highest BCUT2D eigenvalue weighted by Crippen LogP contribution is 2.48. The third-order valence-electron chi connectivity index (χ3n) is 5.89. The summed E-state index contributed by atoms with van der Waals surface area (Å²) < 4.78 is 0. The van der Waals surface area contributed by atoms with E-state index in [1.165, 1.54) is 53.6 Å². The quantitative estimate of drug-likeness (QED) is 0.320. The Kier molecular flexibility index (Phi) is 5.02. The molecule has 11 nitrogen and oxygen atoms in total. The molecule has 2 fully saturated rings. The highest BCUT2D eigenvalue weighted by atomic mass is 16.7. The maximum Gasteiger partial charge on any atom is 0.293 e. The van der Waals surface area contributed by atoms with Gasteiger partial charge in [0.25, 0.3) is 17.3 Å². The van der Waals surface area contributed by atoms with Crippen LogP contribution in [-0.2, 0) is 14.4 Å². The van der Waals surface area contributed by atoms with Crippen molar-refractivity contribution in [3.8, 4) is 0 Å². The Morgan fingerprint density at radius 2 is 1.41 bits per heavy atom. The van der Waals surface area contributed by atoms with E-state index >= 15 is 0 Å². The first-order chi connectivity index (χ1) is 16.4. The predicted octanol–water partition coefficient (Wildman–Crippen LogP) is 3.55. The van der Waals surface area contributed by atoms with Gasteiger partial charge in [-0.3, -0.25) is 34.7 Å². The zero-order chi connectivity index (χ0) is 24.0. The van der Waals surface area contributed by atoms with Gasteiger partial charge in [-0.25, -0.2) is 9.96 Å². The average Bonchev–Trinajstić information content (AvgIpc) is 3.35. The molecule has 0 N–H and O–H groups in total. The second-order valence-corrected chi connectivity index (χ2v) is 7.76. The number of para-hydroxylation sites is 3. The van der Waals surface area contributed by atoms with Crippen LogP contribution in [0.3, 0.4) is 0 Å². The van der Waals surface area contributed by atoms with Crippen molar-refractivity contribution in [2.24, 2.45) is 5.92 Å². The second-order valence-electron chi connectivity index (χ2n) is 7.76. The van der Waals surface area contributed by atoms with Crippen LogP contribution in [0.15, 0.2) is 78.9 Å². The molecule has 2 aliphatic heterocycles. The molecular formula is C23H16N4O7. The van der Waals surface area contributed by atoms with E-state index in [1.54, 1.807) is 30.3 Å². The van der Waals surface area contributed by atoms with Gasteiger partial charge in [0.15, 0.2) is 6.10 Å². The lowest BCUT2D eigenvalue weighted by atomic mass is 9.90. The van der Waals surface area contributed by atoms with Crippen LogP contribution in [0.2, 0.25) is 0 Å². The number of hydroxylamine groups is 1. The maximum absolute atomic E-state index is 13.6. The molecule has 2 amide bonds. The van der Waals surface area contributed by atoms with Gasteiger partial charge in [-0.1, -0.05) is 42.5 Å². The SMILES string of the molecule is O=C1C2ON(c3ccccc3)C(c3ccc([N+](=O)[O-])cc3)C2C(=O)N1c1ccccc1[N+](=O)[O-]. The molecule has 3 aromatic rings. The molecular weight excluding hydrogens is 444 g/mol. The summed E-state index contributed by atoms with van der Waals surface area (Å²) in [6.07, 6.45) is -1.22. The van der Waals surface area contributed by atoms with Crippen LogP contribution in [0, 0.1) is 26.1 Å². The third kappa shape index (κ3) is 3.26. The van der Waals surface area contributed by atoms with Gasteiger partial charge < -0.3 is 0 Å². The van der Waals surface area contributed by atoms with Crippen LogP contribution < -0.4 is 9.96 Å². The predicted molar refractivity (Wildman–Crippen MR) is 119 cm³/mol. The molecule has 3 aromatic carbocycles. The van der Waals surface area contributed by atoms with Crippen LogP contribution in [0.1, 0.15) is 11.6 Å². The Morgan fingerprint density at radius 1 is 0.765 bits per heavy atom. The maximum atomic E-state index is 13.6. The molecule has 3 unspecified atom stereocenters. The molecule has 3 atom stereocenters. The Hall–Kier alpha value is -4.64. The lowest BCUT2D eigenvalue weighted by molar-refractivity contribution is -0.384. The standard InChI is InChI=1S/C23H16N4O7/c28-22-19-20(14-10-12-16(13-11-14)26(30)31)25(15-6-2-1-3-7-15)34-21(19)23(29)24(22)17-8-4-5-9-18(17)27(32)33/h1-13,19-21H. The summed E-state index contributed by atoms with van der Waals surface area (Å²) in [4.78, 5) is 55.1. The molecule has 0 aliphatic carbocycles. The van der Waals surface area contributed by atoms with Gasteiger partial charge in [0, 0.05) is 18.2 Å². The molecule has 170 valence electrons. The van der Waals surface area contributed by atoms with Gasteiger partial charge in [-0.15, -0.1) is 0 Å². The number of nitro groups is 2. The van der Waals surface area contributed by atoms with Crippen molar-refractivity contribution in [2.45, 2.75) is 12.1 Å². The number of rotatable bonds is 5. The van der Waals surface area contributed by atoms with Crippen molar-refractivity contribution in [1.82, 2.24) is 0 Å². The van der Waals surface area contributed by atoms with E-state index in [2.05, 4.69) is 0 Å². The lowest BCUT2D eigenvalue weighted by Gasteiger charge is -2.28. The first-order valence-corrected chi connectivity index (χ1v) is 10.2. The van der Waals surface area contributed by atoms with E-state index in [-0.39, 0.29) is 17.1 Å². The number of carbonyl (C=O) groups excluding carboxylic acids is 2. The number of amides is 2. The normalized spacial score (nSPS) is 21.6. The zero-order valence-electron chi connectivity index (χ0n) is 17.4. The number of hydrogen-bond donors (Lipinski definition) is 0. The summed E-state index contributed by atoms with van der Waals surface area (Å²) >= 11 is 0. The van der Waals surface area contributed by atoms with Gasteiger partial charge in [0.05, 0.1) is 21.6 Å². The molecule has 34 heavy (non-hydrogen) atoms. The van der Waals surface area contributed by atoms with E-state index in [0.29, 0.717) is 11.3 Å². The molecule has 2 saturated heterocycles. The van der Waals surface area contributed by atoms with Gasteiger partial charge in [0.1, 0.15) is 11.6 Å². The first kappa shape index (κ1) is 21.2. The number of fused-ring (bicyclic) bond motifs is 1. The van der Waals surface area contributed by atoms with E-state index in [9.17, 15) is 29.8 Å². The summed E-state index contributed by atoms with van der Waals surface area (Å²) in [5, 5.41) is 24.1. The van der Waals surface area contributed by atoms with E-state index in [4.69, 9.17) is 4.84 Å². The number of anilines is 2. The Bertz CT molecular complexity index is 1310. The van der Waals surface area contributed by atoms with Crippen molar-refractivity contribution >= 4 is 34.6 Å². The molecule has 0 saturated carbocycles. The lowest BCUT2D eigenvalue weighted by Crippen LogP contribution is -2.37. The molecule has 2 aliphatic rings. The van der Waals surface area contributed by atoms with Gasteiger partial charge in [-0.2, -0.15) is 0 Å². The molecule has 5 rings (SSSR count). The number of imide groups is 1. The molecule has 0 bridgehead atoms. The zero-order valence-corrected chi connectivity index (χ0v) is 17.4. The summed E-state index contributed by atoms with van der Waals surface area (Å²) in [6, 6.07) is 19.2. The number of nitrogens with zero attached hydrogens (tertiary/aromatic N) is 4. The molecule has 0 aromatic heterocycles. The number of carbonyl (C=O) groups is 2. The summed E-state index contributed by atoms with van der Waals surface area (Å²) in [6.45, 7) is 0. The van der Waals surface area contributed by atoms with Gasteiger partial charge in [-0.05, 0) is 23.8 Å². The van der Waals surface area contributed by atoms with Crippen LogP contribution in [0.5, 0.6) is 0 Å². The average molecular weight is 460 g/mol. The minimum Gasteiger partial charge on any atom is -0.273 e. The molecule has 0 radical (unpaired) electrons. The highest BCUT2D eigenvalue weighted by molar-refractivity contribution is 6.24. The van der Waals surface area contributed by atoms with Crippen LogP contribution in [0.25, 0.3) is 0 Å². The van der Waals surface area contributed by atoms with Crippen LogP contribution in [-0.4, -0.2) is 27.8 Å². The molecule has 0 spiro atoms. The van der Waals surface area contributed by atoms with Crippen LogP contribution in [0.4, 0.5) is 22.7 Å².